The zero-order valence-electron chi connectivity index (χ0n) is 11.7. The van der Waals surface area contributed by atoms with Gasteiger partial charge in [0.05, 0.1) is 5.52 Å². The van der Waals surface area contributed by atoms with E-state index in [1.54, 1.807) is 38.1 Å². The van der Waals surface area contributed by atoms with Crippen LogP contribution in [0, 0.1) is 0 Å². The van der Waals surface area contributed by atoms with Gasteiger partial charge in [-0.1, -0.05) is 25.1 Å². The largest absolute Gasteiger partial charge is 0.477 e. The lowest BCUT2D eigenvalue weighted by atomic mass is 10.1. The average molecular weight is 275 g/mol. The quantitative estimate of drug-likeness (QED) is 0.930. The van der Waals surface area contributed by atoms with Crippen LogP contribution in [0.5, 0.6) is 0 Å². The number of benzene rings is 1. The number of aromatic carboxylic acids is 1. The summed E-state index contributed by atoms with van der Waals surface area (Å²) in [4.78, 5) is 23.6. The van der Waals surface area contributed by atoms with E-state index < -0.39 is 17.7 Å². The highest BCUT2D eigenvalue weighted by Crippen LogP contribution is 2.22. The molecule has 1 heterocycles. The molecule has 0 spiro atoms. The Balaban J connectivity index is 2.54. The summed E-state index contributed by atoms with van der Waals surface area (Å²) in [6.07, 6.45) is -0.0316. The Kier molecular flexibility index (Phi) is 3.53. The number of para-hydroxylation sites is 1. The minimum Gasteiger partial charge on any atom is -0.477 e. The van der Waals surface area contributed by atoms with E-state index in [2.05, 4.69) is 0 Å². The monoisotopic (exact) mass is 275 g/mol. The number of rotatable bonds is 3. The molecule has 1 aromatic heterocycles. The van der Waals surface area contributed by atoms with Crippen molar-refractivity contribution >= 4 is 23.0 Å². The van der Waals surface area contributed by atoms with Crippen LogP contribution in [0.3, 0.4) is 0 Å². The number of nitrogens with zero attached hydrogens (tertiary/aromatic N) is 1. The van der Waals surface area contributed by atoms with Gasteiger partial charge in [-0.05, 0) is 32.4 Å². The molecule has 2 aromatic rings. The van der Waals surface area contributed by atoms with Crippen LogP contribution in [-0.2, 0) is 4.74 Å². The number of carbonyl (C=O) groups excluding carboxylic acids is 1. The summed E-state index contributed by atoms with van der Waals surface area (Å²) in [7, 11) is 0. The molecule has 0 unspecified atom stereocenters. The van der Waals surface area contributed by atoms with Gasteiger partial charge in [-0.15, -0.1) is 0 Å². The summed E-state index contributed by atoms with van der Waals surface area (Å²) < 4.78 is 6.50. The van der Waals surface area contributed by atoms with Gasteiger partial charge in [0.2, 0.25) is 0 Å². The number of hydrogen-bond donors (Lipinski definition) is 1. The molecule has 0 aliphatic rings. The molecule has 0 bridgehead atoms. The van der Waals surface area contributed by atoms with E-state index in [-0.39, 0.29) is 5.69 Å². The van der Waals surface area contributed by atoms with Gasteiger partial charge in [0.15, 0.2) is 0 Å². The zero-order chi connectivity index (χ0) is 14.9. The molecule has 0 saturated heterocycles. The summed E-state index contributed by atoms with van der Waals surface area (Å²) in [5.74, 6) is -1.16. The van der Waals surface area contributed by atoms with Crippen molar-refractivity contribution in [3.8, 4) is 0 Å². The number of carboxylic acids is 1. The van der Waals surface area contributed by atoms with Crippen molar-refractivity contribution < 1.29 is 19.4 Å². The highest BCUT2D eigenvalue weighted by molar-refractivity contribution is 6.00. The molecular weight excluding hydrogens is 258 g/mol. The number of carboxylic acid groups (broad SMARTS) is 1. The van der Waals surface area contributed by atoms with Gasteiger partial charge in [0.25, 0.3) is 0 Å². The lowest BCUT2D eigenvalue weighted by Crippen LogP contribution is -2.30. The Morgan fingerprint density at radius 3 is 2.55 bits per heavy atom. The number of ether oxygens (including phenoxy) is 1. The highest BCUT2D eigenvalue weighted by atomic mass is 16.6. The summed E-state index contributed by atoms with van der Waals surface area (Å²) in [5.41, 5.74) is -0.206. The Morgan fingerprint density at radius 2 is 1.95 bits per heavy atom. The van der Waals surface area contributed by atoms with Gasteiger partial charge in [-0.3, -0.25) is 0 Å². The fourth-order valence-corrected chi connectivity index (χ4v) is 1.86. The molecule has 0 atom stereocenters. The minimum atomic E-state index is -1.16. The van der Waals surface area contributed by atoms with E-state index in [1.165, 1.54) is 6.07 Å². The second-order valence-electron chi connectivity index (χ2n) is 5.21. The van der Waals surface area contributed by atoms with Gasteiger partial charge >= 0.3 is 12.1 Å². The number of fused-ring (bicyclic) bond motifs is 1. The molecule has 20 heavy (non-hydrogen) atoms. The van der Waals surface area contributed by atoms with Crippen LogP contribution >= 0.6 is 0 Å². The maximum absolute atomic E-state index is 12.3. The molecule has 0 radical (unpaired) electrons. The summed E-state index contributed by atoms with van der Waals surface area (Å²) in [6.45, 7) is 5.48. The van der Waals surface area contributed by atoms with E-state index >= 15 is 0 Å². The van der Waals surface area contributed by atoms with Crippen molar-refractivity contribution in [2.45, 2.75) is 32.8 Å². The number of hydrogen-bond acceptors (Lipinski definition) is 3. The topological polar surface area (TPSA) is 68.5 Å². The standard InChI is InChI=1S/C15H17NO4/c1-4-15(2,3)20-14(19)16-11-8-6-5-7-10(11)9-12(16)13(17)18/h5-9H,4H2,1-3H3,(H,17,18). The third kappa shape index (κ3) is 2.52. The summed E-state index contributed by atoms with van der Waals surface area (Å²) >= 11 is 0. The molecule has 0 fully saturated rings. The van der Waals surface area contributed by atoms with Gasteiger partial charge < -0.3 is 9.84 Å². The highest BCUT2D eigenvalue weighted by Gasteiger charge is 2.26. The van der Waals surface area contributed by atoms with E-state index in [1.807, 2.05) is 6.92 Å². The molecule has 5 heteroatoms. The van der Waals surface area contributed by atoms with E-state index in [0.717, 1.165) is 4.57 Å². The molecule has 1 aromatic carbocycles. The zero-order valence-corrected chi connectivity index (χ0v) is 11.7. The van der Waals surface area contributed by atoms with Gasteiger partial charge in [-0.2, -0.15) is 0 Å². The molecule has 0 saturated carbocycles. The Labute approximate surface area is 116 Å². The van der Waals surface area contributed by atoms with Crippen LogP contribution in [0.2, 0.25) is 0 Å². The Bertz CT molecular complexity index is 670. The first-order valence-electron chi connectivity index (χ1n) is 6.43. The molecule has 0 amide bonds. The van der Waals surface area contributed by atoms with Crippen molar-refractivity contribution in [3.05, 3.63) is 36.0 Å². The first-order chi connectivity index (χ1) is 9.35. The van der Waals surface area contributed by atoms with Crippen LogP contribution in [0.4, 0.5) is 4.79 Å². The van der Waals surface area contributed by atoms with Crippen LogP contribution in [0.25, 0.3) is 10.9 Å². The normalized spacial score (nSPS) is 11.6. The van der Waals surface area contributed by atoms with Crippen LogP contribution in [0.15, 0.2) is 30.3 Å². The fourth-order valence-electron chi connectivity index (χ4n) is 1.86. The smallest absolute Gasteiger partial charge is 0.419 e. The van der Waals surface area contributed by atoms with E-state index in [0.29, 0.717) is 17.3 Å². The maximum atomic E-state index is 12.3. The second kappa shape index (κ2) is 5.00. The molecule has 2 rings (SSSR count). The Morgan fingerprint density at radius 1 is 1.30 bits per heavy atom. The predicted molar refractivity (Wildman–Crippen MR) is 75.1 cm³/mol. The van der Waals surface area contributed by atoms with Crippen LogP contribution < -0.4 is 0 Å². The maximum Gasteiger partial charge on any atom is 0.419 e. The van der Waals surface area contributed by atoms with E-state index in [9.17, 15) is 14.7 Å². The summed E-state index contributed by atoms with van der Waals surface area (Å²) in [6, 6.07) is 8.47. The number of carbonyl (C=O) groups is 2. The summed E-state index contributed by atoms with van der Waals surface area (Å²) in [5, 5.41) is 9.93. The SMILES string of the molecule is CCC(C)(C)OC(=O)n1c(C(=O)O)cc2ccccc21. The second-order valence-corrected chi connectivity index (χ2v) is 5.21. The van der Waals surface area contributed by atoms with Gasteiger partial charge in [-0.25, -0.2) is 14.2 Å². The Hall–Kier alpha value is -2.30. The molecule has 106 valence electrons. The average Bonchev–Trinajstić information content (AvgIpc) is 2.77. The third-order valence-electron chi connectivity index (χ3n) is 3.33. The van der Waals surface area contributed by atoms with E-state index in [4.69, 9.17) is 4.74 Å². The molecular formula is C15H17NO4. The first-order valence-corrected chi connectivity index (χ1v) is 6.43. The molecule has 0 aliphatic carbocycles. The number of aromatic nitrogens is 1. The lowest BCUT2D eigenvalue weighted by molar-refractivity contribution is 0.0363. The molecule has 1 N–H and O–H groups in total. The molecule has 5 nitrogen and oxygen atoms in total. The predicted octanol–water partition coefficient (Wildman–Crippen LogP) is 3.51. The van der Waals surface area contributed by atoms with Crippen molar-refractivity contribution in [2.24, 2.45) is 0 Å². The molecule has 0 aliphatic heterocycles. The van der Waals surface area contributed by atoms with Crippen molar-refractivity contribution in [1.82, 2.24) is 4.57 Å². The first kappa shape index (κ1) is 14.1. The van der Waals surface area contributed by atoms with Crippen molar-refractivity contribution in [1.29, 1.82) is 0 Å². The van der Waals surface area contributed by atoms with Crippen LogP contribution in [0.1, 0.15) is 37.7 Å². The van der Waals surface area contributed by atoms with Gasteiger partial charge in [0, 0.05) is 5.39 Å². The van der Waals surface area contributed by atoms with Gasteiger partial charge in [0.1, 0.15) is 11.3 Å². The van der Waals surface area contributed by atoms with Crippen LogP contribution in [-0.4, -0.2) is 27.3 Å². The van der Waals surface area contributed by atoms with Crippen molar-refractivity contribution in [2.75, 3.05) is 0 Å². The lowest BCUT2D eigenvalue weighted by Gasteiger charge is -2.23. The van der Waals surface area contributed by atoms with Crippen molar-refractivity contribution in [3.63, 3.8) is 0 Å². The minimum absolute atomic E-state index is 0.0943. The fraction of sp³-hybridized carbons (Fsp3) is 0.333. The third-order valence-corrected chi connectivity index (χ3v) is 3.33.